The number of piperidine rings is 1. The summed E-state index contributed by atoms with van der Waals surface area (Å²) in [6.07, 6.45) is -0.0401. The fraction of sp³-hybridized carbons (Fsp3) is 0.360. The van der Waals surface area contributed by atoms with Crippen molar-refractivity contribution < 1.29 is 23.9 Å². The average Bonchev–Trinajstić information content (AvgIpc) is 2.85. The average molecular weight is 467 g/mol. The van der Waals surface area contributed by atoms with E-state index < -0.39 is 41.7 Å². The molecule has 0 bridgehead atoms. The minimum atomic E-state index is -1.53. The summed E-state index contributed by atoms with van der Waals surface area (Å²) >= 11 is 0. The third kappa shape index (κ3) is 6.86. The Balaban J connectivity index is 1.78. The highest BCUT2D eigenvalue weighted by atomic mass is 19.1. The summed E-state index contributed by atoms with van der Waals surface area (Å²) in [6, 6.07) is 13.5. The number of carbonyl (C=O) groups is 3. The van der Waals surface area contributed by atoms with Gasteiger partial charge in [-0.05, 0) is 49.1 Å². The minimum absolute atomic E-state index is 0.0595. The second-order valence-corrected chi connectivity index (χ2v) is 8.28. The lowest BCUT2D eigenvalue weighted by Gasteiger charge is -2.29. The topological polar surface area (TPSA) is 131 Å². The highest BCUT2D eigenvalue weighted by Crippen LogP contribution is 2.19. The molecule has 3 rings (SSSR count). The molecule has 1 fully saturated rings. The fourth-order valence-electron chi connectivity index (χ4n) is 3.90. The van der Waals surface area contributed by atoms with Gasteiger partial charge in [0.1, 0.15) is 11.9 Å². The molecule has 2 aromatic rings. The number of nitrogens with zero attached hydrogens (tertiary/aromatic N) is 1. The van der Waals surface area contributed by atoms with Crippen LogP contribution in [0, 0.1) is 23.1 Å². The first-order chi connectivity index (χ1) is 16.4. The lowest BCUT2D eigenvalue weighted by Crippen LogP contribution is -2.54. The largest absolute Gasteiger partial charge is 0.376 e. The van der Waals surface area contributed by atoms with Gasteiger partial charge < -0.3 is 21.1 Å². The highest BCUT2D eigenvalue weighted by molar-refractivity contribution is 5.97. The Bertz CT molecular complexity index is 1040. The standard InChI is InChI=1S/C25H27FN4O4/c26-19-10-8-16(9-11-19)13-21(30-24(33)17-5-2-1-3-6-17)25(34)29-20(22(31)15-27)14-18-7-4-12-28-23(18)32/h1-3,5-6,8-11,18,20-22,31H,4,7,12-14H2,(H,28,32)(H,29,34)(H,30,33)/t18-,20+,21-,22?/m0/s1. The predicted molar refractivity (Wildman–Crippen MR) is 122 cm³/mol. The van der Waals surface area contributed by atoms with Gasteiger partial charge in [0, 0.05) is 24.4 Å². The van der Waals surface area contributed by atoms with Crippen molar-refractivity contribution in [2.75, 3.05) is 6.54 Å². The van der Waals surface area contributed by atoms with Crippen LogP contribution in [-0.2, 0) is 16.0 Å². The maximum atomic E-state index is 13.3. The molecule has 2 aromatic carbocycles. The van der Waals surface area contributed by atoms with Crippen molar-refractivity contribution in [3.05, 3.63) is 71.5 Å². The van der Waals surface area contributed by atoms with Gasteiger partial charge in [0.2, 0.25) is 11.8 Å². The maximum Gasteiger partial charge on any atom is 0.251 e. The Hall–Kier alpha value is -3.77. The van der Waals surface area contributed by atoms with E-state index in [1.165, 1.54) is 24.3 Å². The number of amides is 3. The second kappa shape index (κ2) is 11.9. The lowest BCUT2D eigenvalue weighted by atomic mass is 9.89. The van der Waals surface area contributed by atoms with Crippen molar-refractivity contribution in [2.45, 2.75) is 43.9 Å². The molecule has 0 saturated carbocycles. The van der Waals surface area contributed by atoms with Gasteiger partial charge in [-0.15, -0.1) is 0 Å². The van der Waals surface area contributed by atoms with E-state index in [-0.39, 0.29) is 18.7 Å². The molecule has 4 N–H and O–H groups in total. The number of nitriles is 1. The zero-order chi connectivity index (χ0) is 24.5. The van der Waals surface area contributed by atoms with E-state index in [4.69, 9.17) is 0 Å². The summed E-state index contributed by atoms with van der Waals surface area (Å²) in [7, 11) is 0. The molecule has 0 aliphatic carbocycles. The molecule has 1 aliphatic heterocycles. The molecule has 3 amide bonds. The summed E-state index contributed by atoms with van der Waals surface area (Å²) in [5.41, 5.74) is 0.964. The van der Waals surface area contributed by atoms with Crippen LogP contribution in [0.5, 0.6) is 0 Å². The fourth-order valence-corrected chi connectivity index (χ4v) is 3.90. The van der Waals surface area contributed by atoms with Crippen LogP contribution >= 0.6 is 0 Å². The van der Waals surface area contributed by atoms with Gasteiger partial charge in [-0.3, -0.25) is 14.4 Å². The van der Waals surface area contributed by atoms with Crippen LogP contribution in [0.1, 0.15) is 35.2 Å². The predicted octanol–water partition coefficient (Wildman–Crippen LogP) is 1.45. The highest BCUT2D eigenvalue weighted by Gasteiger charge is 2.32. The first-order valence-electron chi connectivity index (χ1n) is 11.1. The molecule has 4 atom stereocenters. The van der Waals surface area contributed by atoms with Crippen molar-refractivity contribution >= 4 is 17.7 Å². The quantitative estimate of drug-likeness (QED) is 0.416. The maximum absolute atomic E-state index is 13.3. The first-order valence-corrected chi connectivity index (χ1v) is 11.1. The van der Waals surface area contributed by atoms with Crippen molar-refractivity contribution in [3.63, 3.8) is 0 Å². The van der Waals surface area contributed by atoms with Crippen LogP contribution in [0.4, 0.5) is 4.39 Å². The number of benzene rings is 2. The summed E-state index contributed by atoms with van der Waals surface area (Å²) in [6.45, 7) is 0.568. The van der Waals surface area contributed by atoms with Gasteiger partial charge in [0.25, 0.3) is 5.91 Å². The monoisotopic (exact) mass is 466 g/mol. The van der Waals surface area contributed by atoms with E-state index in [1.807, 2.05) is 0 Å². The summed E-state index contributed by atoms with van der Waals surface area (Å²) in [5, 5.41) is 27.5. The van der Waals surface area contributed by atoms with Crippen LogP contribution in [0.15, 0.2) is 54.6 Å². The Morgan fingerprint density at radius 1 is 1.15 bits per heavy atom. The Morgan fingerprint density at radius 2 is 1.85 bits per heavy atom. The molecule has 0 spiro atoms. The number of aliphatic hydroxyl groups excluding tert-OH is 1. The SMILES string of the molecule is N#CC(O)[C@@H](C[C@@H]1CCCNC1=O)NC(=O)[C@H](Cc1ccc(F)cc1)NC(=O)c1ccccc1. The molecule has 1 saturated heterocycles. The Kier molecular flexibility index (Phi) is 8.71. The lowest BCUT2D eigenvalue weighted by molar-refractivity contribution is -0.129. The van der Waals surface area contributed by atoms with Crippen LogP contribution in [0.3, 0.4) is 0 Å². The number of nitrogens with one attached hydrogen (secondary N) is 3. The number of hydrogen-bond donors (Lipinski definition) is 4. The van der Waals surface area contributed by atoms with Crippen LogP contribution < -0.4 is 16.0 Å². The van der Waals surface area contributed by atoms with Crippen molar-refractivity contribution in [1.29, 1.82) is 5.26 Å². The molecule has 1 aliphatic rings. The summed E-state index contributed by atoms with van der Waals surface area (Å²) in [4.78, 5) is 38.1. The number of aliphatic hydroxyl groups is 1. The van der Waals surface area contributed by atoms with Crippen LogP contribution in [0.2, 0.25) is 0 Å². The molecular formula is C25H27FN4O4. The third-order valence-corrected chi connectivity index (χ3v) is 5.79. The van der Waals surface area contributed by atoms with Crippen LogP contribution in [-0.4, -0.2) is 47.6 Å². The number of rotatable bonds is 9. The Morgan fingerprint density at radius 3 is 2.50 bits per heavy atom. The first kappa shape index (κ1) is 24.9. The zero-order valence-electron chi connectivity index (χ0n) is 18.5. The minimum Gasteiger partial charge on any atom is -0.376 e. The molecule has 1 heterocycles. The summed E-state index contributed by atoms with van der Waals surface area (Å²) in [5.74, 6) is -2.16. The molecule has 9 heteroatoms. The zero-order valence-corrected chi connectivity index (χ0v) is 18.5. The van der Waals surface area contributed by atoms with Crippen molar-refractivity contribution in [1.82, 2.24) is 16.0 Å². The van der Waals surface area contributed by atoms with E-state index >= 15 is 0 Å². The molecule has 34 heavy (non-hydrogen) atoms. The summed E-state index contributed by atoms with van der Waals surface area (Å²) < 4.78 is 13.3. The number of halogens is 1. The Labute approximate surface area is 197 Å². The molecule has 0 aromatic heterocycles. The molecule has 178 valence electrons. The van der Waals surface area contributed by atoms with Crippen LogP contribution in [0.25, 0.3) is 0 Å². The van der Waals surface area contributed by atoms with E-state index in [0.717, 1.165) is 6.42 Å². The van der Waals surface area contributed by atoms with Gasteiger partial charge in [-0.25, -0.2) is 4.39 Å². The third-order valence-electron chi connectivity index (χ3n) is 5.79. The van der Waals surface area contributed by atoms with Gasteiger partial charge in [0.05, 0.1) is 12.1 Å². The van der Waals surface area contributed by atoms with Crippen molar-refractivity contribution in [3.8, 4) is 6.07 Å². The molecule has 0 radical (unpaired) electrons. The number of carbonyl (C=O) groups excluding carboxylic acids is 3. The molecule has 8 nitrogen and oxygen atoms in total. The second-order valence-electron chi connectivity index (χ2n) is 8.28. The van der Waals surface area contributed by atoms with E-state index in [2.05, 4.69) is 16.0 Å². The van der Waals surface area contributed by atoms with Gasteiger partial charge in [0.15, 0.2) is 6.10 Å². The van der Waals surface area contributed by atoms with Gasteiger partial charge in [-0.1, -0.05) is 30.3 Å². The van der Waals surface area contributed by atoms with E-state index in [9.17, 15) is 29.1 Å². The van der Waals surface area contributed by atoms with Gasteiger partial charge >= 0.3 is 0 Å². The smallest absolute Gasteiger partial charge is 0.251 e. The molecule has 1 unspecified atom stereocenters. The van der Waals surface area contributed by atoms with E-state index in [0.29, 0.717) is 24.1 Å². The van der Waals surface area contributed by atoms with Crippen molar-refractivity contribution in [2.24, 2.45) is 5.92 Å². The molecular weight excluding hydrogens is 439 g/mol. The van der Waals surface area contributed by atoms with E-state index in [1.54, 1.807) is 36.4 Å². The number of hydrogen-bond acceptors (Lipinski definition) is 5. The van der Waals surface area contributed by atoms with Gasteiger partial charge in [-0.2, -0.15) is 5.26 Å². The normalized spacial score (nSPS) is 18.0.